The Bertz CT molecular complexity index is 1080. The third-order valence-electron chi connectivity index (χ3n) is 5.53. The highest BCUT2D eigenvalue weighted by Gasteiger charge is 2.37. The molecule has 0 aliphatic rings. The minimum atomic E-state index is -0.660. The van der Waals surface area contributed by atoms with E-state index in [0.717, 1.165) is 27.8 Å². The van der Waals surface area contributed by atoms with Crippen LogP contribution in [-0.2, 0) is 10.2 Å². The van der Waals surface area contributed by atoms with E-state index in [9.17, 15) is 4.79 Å². The van der Waals surface area contributed by atoms with Crippen LogP contribution in [0.15, 0.2) is 109 Å². The summed E-state index contributed by atoms with van der Waals surface area (Å²) in [6.45, 7) is 0. The van der Waals surface area contributed by atoms with Crippen molar-refractivity contribution in [2.45, 2.75) is 11.8 Å². The Balaban J connectivity index is 1.89. The molecular formula is C27H22ClNO. The number of amides is 1. The summed E-state index contributed by atoms with van der Waals surface area (Å²) < 4.78 is 0. The summed E-state index contributed by atoms with van der Waals surface area (Å²) in [5, 5.41) is 0.712. The fourth-order valence-corrected chi connectivity index (χ4v) is 4.23. The molecule has 4 aromatic rings. The minimum absolute atomic E-state index is 0.182. The highest BCUT2D eigenvalue weighted by Crippen LogP contribution is 2.42. The molecule has 3 heteroatoms. The Morgan fingerprint density at radius 1 is 0.633 bits per heavy atom. The van der Waals surface area contributed by atoms with Gasteiger partial charge in [-0.3, -0.25) is 4.79 Å². The third-order valence-corrected chi connectivity index (χ3v) is 5.78. The highest BCUT2D eigenvalue weighted by atomic mass is 35.5. The first-order valence-electron chi connectivity index (χ1n) is 9.85. The predicted octanol–water partition coefficient (Wildman–Crippen LogP) is 6.22. The van der Waals surface area contributed by atoms with E-state index in [2.05, 4.69) is 48.5 Å². The number of carbonyl (C=O) groups is 1. The van der Waals surface area contributed by atoms with Crippen LogP contribution < -0.4 is 5.73 Å². The van der Waals surface area contributed by atoms with Crippen molar-refractivity contribution in [2.75, 3.05) is 0 Å². The number of carbonyl (C=O) groups excluding carboxylic acids is 1. The van der Waals surface area contributed by atoms with E-state index in [0.29, 0.717) is 5.02 Å². The van der Waals surface area contributed by atoms with Gasteiger partial charge in [0.05, 0.1) is 5.41 Å². The highest BCUT2D eigenvalue weighted by molar-refractivity contribution is 6.30. The lowest BCUT2D eigenvalue weighted by atomic mass is 9.67. The van der Waals surface area contributed by atoms with Gasteiger partial charge in [0, 0.05) is 11.4 Å². The summed E-state index contributed by atoms with van der Waals surface area (Å²) in [6, 6.07) is 36.3. The van der Waals surface area contributed by atoms with Gasteiger partial charge >= 0.3 is 0 Å². The molecule has 0 spiro atoms. The summed E-state index contributed by atoms with van der Waals surface area (Å²) >= 11 is 6.02. The SMILES string of the molecule is NC(=O)CC(c1ccccc1)(c1ccccc1)c1ccc(-c2ccc(Cl)cc2)cc1. The molecule has 1 amide bonds. The van der Waals surface area contributed by atoms with Crippen molar-refractivity contribution in [2.24, 2.45) is 5.73 Å². The first-order valence-corrected chi connectivity index (χ1v) is 10.2. The quantitative estimate of drug-likeness (QED) is 0.376. The van der Waals surface area contributed by atoms with E-state index in [1.165, 1.54) is 0 Å². The Labute approximate surface area is 182 Å². The van der Waals surface area contributed by atoms with E-state index in [-0.39, 0.29) is 12.3 Å². The topological polar surface area (TPSA) is 43.1 Å². The number of nitrogens with two attached hydrogens (primary N) is 1. The van der Waals surface area contributed by atoms with Crippen LogP contribution in [0.4, 0.5) is 0 Å². The van der Waals surface area contributed by atoms with Gasteiger partial charge in [-0.2, -0.15) is 0 Å². The third kappa shape index (κ3) is 3.87. The number of benzene rings is 4. The molecule has 0 aliphatic heterocycles. The molecule has 0 unspecified atom stereocenters. The molecular weight excluding hydrogens is 390 g/mol. The van der Waals surface area contributed by atoms with Crippen molar-refractivity contribution < 1.29 is 4.79 Å². The number of halogens is 1. The fourth-order valence-electron chi connectivity index (χ4n) is 4.10. The molecule has 0 heterocycles. The second kappa shape index (κ2) is 8.56. The Kier molecular flexibility index (Phi) is 5.69. The second-order valence-corrected chi connectivity index (χ2v) is 7.80. The van der Waals surface area contributed by atoms with E-state index >= 15 is 0 Å². The van der Waals surface area contributed by atoms with E-state index in [1.54, 1.807) is 0 Å². The summed E-state index contributed by atoms with van der Waals surface area (Å²) in [5.41, 5.74) is 10.4. The second-order valence-electron chi connectivity index (χ2n) is 7.36. The number of hydrogen-bond acceptors (Lipinski definition) is 1. The van der Waals surface area contributed by atoms with Crippen molar-refractivity contribution in [3.63, 3.8) is 0 Å². The molecule has 0 bridgehead atoms. The molecule has 4 rings (SSSR count). The van der Waals surface area contributed by atoms with Crippen LogP contribution in [-0.4, -0.2) is 5.91 Å². The molecule has 0 fully saturated rings. The molecule has 0 saturated heterocycles. The zero-order valence-electron chi connectivity index (χ0n) is 16.5. The predicted molar refractivity (Wildman–Crippen MR) is 123 cm³/mol. The zero-order chi connectivity index (χ0) is 21.0. The van der Waals surface area contributed by atoms with Gasteiger partial charge in [-0.15, -0.1) is 0 Å². The van der Waals surface area contributed by atoms with Gasteiger partial charge in [0.15, 0.2) is 0 Å². The number of rotatable bonds is 6. The lowest BCUT2D eigenvalue weighted by molar-refractivity contribution is -0.118. The summed E-state index contributed by atoms with van der Waals surface area (Å²) in [5.74, 6) is -0.343. The van der Waals surface area contributed by atoms with Gasteiger partial charge in [0.2, 0.25) is 5.91 Å². The van der Waals surface area contributed by atoms with Gasteiger partial charge in [0.25, 0.3) is 0 Å². The molecule has 0 atom stereocenters. The van der Waals surface area contributed by atoms with Crippen LogP contribution in [0.3, 0.4) is 0 Å². The number of hydrogen-bond donors (Lipinski definition) is 1. The molecule has 2 N–H and O–H groups in total. The maximum Gasteiger partial charge on any atom is 0.218 e. The van der Waals surface area contributed by atoms with Crippen LogP contribution in [0.2, 0.25) is 5.02 Å². The van der Waals surface area contributed by atoms with Crippen LogP contribution in [0.5, 0.6) is 0 Å². The lowest BCUT2D eigenvalue weighted by Crippen LogP contribution is -2.34. The minimum Gasteiger partial charge on any atom is -0.370 e. The monoisotopic (exact) mass is 411 g/mol. The maximum absolute atomic E-state index is 12.3. The van der Waals surface area contributed by atoms with E-state index in [1.807, 2.05) is 60.7 Å². The summed E-state index contributed by atoms with van der Waals surface area (Å²) in [4.78, 5) is 12.3. The van der Waals surface area contributed by atoms with E-state index < -0.39 is 5.41 Å². The molecule has 30 heavy (non-hydrogen) atoms. The largest absolute Gasteiger partial charge is 0.370 e. The van der Waals surface area contributed by atoms with Gasteiger partial charge < -0.3 is 5.73 Å². The Morgan fingerprint density at radius 3 is 1.47 bits per heavy atom. The average Bonchev–Trinajstić information content (AvgIpc) is 2.79. The summed E-state index contributed by atoms with van der Waals surface area (Å²) in [6.07, 6.45) is 0.182. The van der Waals surface area contributed by atoms with Crippen molar-refractivity contribution in [3.8, 4) is 11.1 Å². The smallest absolute Gasteiger partial charge is 0.218 e. The fraction of sp³-hybridized carbons (Fsp3) is 0.0741. The molecule has 0 radical (unpaired) electrons. The van der Waals surface area contributed by atoms with Gasteiger partial charge in [-0.1, -0.05) is 109 Å². The van der Waals surface area contributed by atoms with Crippen LogP contribution in [0.1, 0.15) is 23.1 Å². The molecule has 148 valence electrons. The molecule has 0 aliphatic carbocycles. The van der Waals surface area contributed by atoms with Crippen molar-refractivity contribution >= 4 is 17.5 Å². The van der Waals surface area contributed by atoms with E-state index in [4.69, 9.17) is 17.3 Å². The average molecular weight is 412 g/mol. The Morgan fingerprint density at radius 2 is 1.03 bits per heavy atom. The molecule has 0 saturated carbocycles. The van der Waals surface area contributed by atoms with Crippen molar-refractivity contribution in [1.29, 1.82) is 0 Å². The lowest BCUT2D eigenvalue weighted by Gasteiger charge is -2.35. The first kappa shape index (κ1) is 19.9. The number of primary amides is 1. The zero-order valence-corrected chi connectivity index (χ0v) is 17.2. The summed E-state index contributed by atoms with van der Waals surface area (Å²) in [7, 11) is 0. The van der Waals surface area contributed by atoms with Gasteiger partial charge in [-0.25, -0.2) is 0 Å². The Hall–Kier alpha value is -3.36. The molecule has 0 aromatic heterocycles. The first-order chi connectivity index (χ1) is 14.6. The maximum atomic E-state index is 12.3. The van der Waals surface area contributed by atoms with Crippen LogP contribution in [0.25, 0.3) is 11.1 Å². The molecule has 2 nitrogen and oxygen atoms in total. The van der Waals surface area contributed by atoms with Crippen LogP contribution >= 0.6 is 11.6 Å². The van der Waals surface area contributed by atoms with Crippen molar-refractivity contribution in [1.82, 2.24) is 0 Å². The van der Waals surface area contributed by atoms with Crippen molar-refractivity contribution in [3.05, 3.63) is 131 Å². The molecule has 4 aromatic carbocycles. The van der Waals surface area contributed by atoms with Gasteiger partial charge in [0.1, 0.15) is 0 Å². The standard InChI is InChI=1S/C27H22ClNO/c28-25-17-13-21(14-18-25)20-11-15-24(16-12-20)27(19-26(29)30,22-7-3-1-4-8-22)23-9-5-2-6-10-23/h1-18H,19H2,(H2,29,30). The van der Waals surface area contributed by atoms with Crippen LogP contribution in [0, 0.1) is 0 Å². The normalized spacial score (nSPS) is 11.2. The van der Waals surface area contributed by atoms with Gasteiger partial charge in [-0.05, 0) is 39.9 Å².